The lowest BCUT2D eigenvalue weighted by Crippen LogP contribution is -2.22. The molecule has 32 heavy (non-hydrogen) atoms. The maximum Gasteiger partial charge on any atom is 0.272 e. The highest BCUT2D eigenvalue weighted by molar-refractivity contribution is 5.95. The van der Waals surface area contributed by atoms with E-state index in [0.29, 0.717) is 11.4 Å². The lowest BCUT2D eigenvalue weighted by atomic mass is 10.1. The number of nitro groups is 1. The summed E-state index contributed by atoms with van der Waals surface area (Å²) in [5.74, 6) is -0.467. The van der Waals surface area contributed by atoms with Crippen molar-refractivity contribution in [2.24, 2.45) is 16.1 Å². The number of amides is 1. The molecule has 0 saturated heterocycles. The van der Waals surface area contributed by atoms with Gasteiger partial charge >= 0.3 is 0 Å². The third-order valence-corrected chi connectivity index (χ3v) is 4.70. The summed E-state index contributed by atoms with van der Waals surface area (Å²) in [4.78, 5) is 24.8. The molecule has 0 aliphatic heterocycles. The molecule has 0 aliphatic rings. The van der Waals surface area contributed by atoms with Crippen LogP contribution >= 0.6 is 0 Å². The van der Waals surface area contributed by atoms with Gasteiger partial charge in [-0.3, -0.25) is 14.9 Å². The lowest BCUT2D eigenvalue weighted by Gasteiger charge is -2.22. The second-order valence-corrected chi connectivity index (χ2v) is 7.09. The van der Waals surface area contributed by atoms with Crippen LogP contribution in [0.4, 0.5) is 28.4 Å². The molecule has 0 aliphatic carbocycles. The number of nitrogens with one attached hydrogen (secondary N) is 1. The summed E-state index contributed by atoms with van der Waals surface area (Å²) in [6.45, 7) is 9.11. The van der Waals surface area contributed by atoms with Gasteiger partial charge in [0.25, 0.3) is 5.69 Å². The Bertz CT molecular complexity index is 1100. The smallest absolute Gasteiger partial charge is 0.272 e. The van der Waals surface area contributed by atoms with Crippen LogP contribution in [0.3, 0.4) is 0 Å². The zero-order chi connectivity index (χ0) is 23.8. The summed E-state index contributed by atoms with van der Waals surface area (Å²) in [6.07, 6.45) is 0. The number of nitrogens with zero attached hydrogens (tertiary/aromatic N) is 6. The van der Waals surface area contributed by atoms with E-state index in [1.54, 1.807) is 26.0 Å². The Morgan fingerprint density at radius 3 is 2.19 bits per heavy atom. The maximum absolute atomic E-state index is 12.3. The highest BCUT2D eigenvalue weighted by Gasteiger charge is 2.18. The minimum absolute atomic E-state index is 0.0745. The summed E-state index contributed by atoms with van der Waals surface area (Å²) in [6, 6.07) is 11.0. The average Bonchev–Trinajstić information content (AvgIpc) is 2.78. The Labute approximate surface area is 185 Å². The van der Waals surface area contributed by atoms with Crippen molar-refractivity contribution < 1.29 is 9.72 Å². The number of hydrogen-bond acceptors (Lipinski definition) is 8. The Morgan fingerprint density at radius 2 is 1.72 bits per heavy atom. The van der Waals surface area contributed by atoms with Crippen molar-refractivity contribution in [3.8, 4) is 12.1 Å². The first-order valence-corrected chi connectivity index (χ1v) is 9.99. The van der Waals surface area contributed by atoms with Crippen LogP contribution in [0.15, 0.2) is 40.6 Å². The fraction of sp³-hybridized carbons (Fsp3) is 0.318. The molecule has 0 saturated carbocycles. The predicted octanol–water partition coefficient (Wildman–Crippen LogP) is 5.19. The molecule has 2 aromatic carbocycles. The minimum Gasteiger partial charge on any atom is -0.372 e. The molecule has 0 fully saturated rings. The molecule has 0 unspecified atom stereocenters. The standard InChI is InChI=1S/C22H23N7O3/c1-5-28(6-2)17-7-8-19(20(11-17)25-22(30)14(3)4)26-27-21-15(12-23)9-18(29(31)32)10-16(21)13-24/h7-11,14H,5-6H2,1-4H3,(H,25,30). The van der Waals surface area contributed by atoms with E-state index in [2.05, 4.69) is 20.4 Å². The minimum atomic E-state index is -0.686. The van der Waals surface area contributed by atoms with Crippen molar-refractivity contribution in [2.75, 3.05) is 23.3 Å². The van der Waals surface area contributed by atoms with Gasteiger partial charge in [-0.2, -0.15) is 10.5 Å². The first-order valence-electron chi connectivity index (χ1n) is 9.99. The van der Waals surface area contributed by atoms with Gasteiger partial charge in [0, 0.05) is 36.8 Å². The highest BCUT2D eigenvalue weighted by Crippen LogP contribution is 2.34. The number of benzene rings is 2. The van der Waals surface area contributed by atoms with E-state index in [1.807, 2.05) is 32.1 Å². The van der Waals surface area contributed by atoms with Gasteiger partial charge in [-0.05, 0) is 32.0 Å². The van der Waals surface area contributed by atoms with Gasteiger partial charge in [0.1, 0.15) is 23.5 Å². The van der Waals surface area contributed by atoms with Crippen molar-refractivity contribution >= 4 is 34.3 Å². The number of carbonyl (C=O) groups is 1. The lowest BCUT2D eigenvalue weighted by molar-refractivity contribution is -0.384. The predicted molar refractivity (Wildman–Crippen MR) is 120 cm³/mol. The molecular formula is C22H23N7O3. The van der Waals surface area contributed by atoms with Crippen LogP contribution in [0.25, 0.3) is 0 Å². The van der Waals surface area contributed by atoms with E-state index < -0.39 is 4.92 Å². The summed E-state index contributed by atoms with van der Waals surface area (Å²) < 4.78 is 0. The van der Waals surface area contributed by atoms with Crippen molar-refractivity contribution in [1.82, 2.24) is 0 Å². The molecule has 10 heteroatoms. The van der Waals surface area contributed by atoms with Gasteiger partial charge in [0.2, 0.25) is 5.91 Å². The summed E-state index contributed by atoms with van der Waals surface area (Å²) >= 11 is 0. The normalized spacial score (nSPS) is 10.6. The molecule has 0 aromatic heterocycles. The Morgan fingerprint density at radius 1 is 1.12 bits per heavy atom. The number of hydrogen-bond donors (Lipinski definition) is 1. The number of nitriles is 2. The topological polar surface area (TPSA) is 148 Å². The molecule has 1 N–H and O–H groups in total. The van der Waals surface area contributed by atoms with Crippen LogP contribution in [-0.4, -0.2) is 23.9 Å². The molecule has 0 radical (unpaired) electrons. The monoisotopic (exact) mass is 433 g/mol. The molecule has 10 nitrogen and oxygen atoms in total. The number of rotatable bonds is 8. The van der Waals surface area contributed by atoms with Crippen LogP contribution in [0, 0.1) is 38.7 Å². The molecule has 0 bridgehead atoms. The second kappa shape index (κ2) is 10.6. The highest BCUT2D eigenvalue weighted by atomic mass is 16.6. The van der Waals surface area contributed by atoms with E-state index in [9.17, 15) is 25.4 Å². The molecule has 164 valence electrons. The quantitative estimate of drug-likeness (QED) is 0.344. The molecule has 0 atom stereocenters. The Hall–Kier alpha value is -4.31. The van der Waals surface area contributed by atoms with Crippen molar-refractivity contribution in [3.63, 3.8) is 0 Å². The Balaban J connectivity index is 2.58. The molecular weight excluding hydrogens is 410 g/mol. The van der Waals surface area contributed by atoms with Crippen LogP contribution in [0.5, 0.6) is 0 Å². The van der Waals surface area contributed by atoms with Crippen molar-refractivity contribution in [2.45, 2.75) is 27.7 Å². The van der Waals surface area contributed by atoms with Crippen molar-refractivity contribution in [3.05, 3.63) is 51.6 Å². The second-order valence-electron chi connectivity index (χ2n) is 7.09. The van der Waals surface area contributed by atoms with Crippen LogP contribution in [0.1, 0.15) is 38.8 Å². The maximum atomic E-state index is 12.3. The molecule has 2 rings (SSSR count). The van der Waals surface area contributed by atoms with Crippen LogP contribution in [0.2, 0.25) is 0 Å². The fourth-order valence-corrected chi connectivity index (χ4v) is 2.88. The van der Waals surface area contributed by atoms with Crippen LogP contribution in [-0.2, 0) is 4.79 Å². The number of azo groups is 1. The third-order valence-electron chi connectivity index (χ3n) is 4.70. The first-order chi connectivity index (χ1) is 15.2. The number of anilines is 2. The molecule has 0 heterocycles. The average molecular weight is 433 g/mol. The van der Waals surface area contributed by atoms with E-state index in [0.717, 1.165) is 30.9 Å². The largest absolute Gasteiger partial charge is 0.372 e. The van der Waals surface area contributed by atoms with E-state index in [4.69, 9.17) is 0 Å². The third kappa shape index (κ3) is 5.43. The number of nitro benzene ring substituents is 1. The van der Waals surface area contributed by atoms with E-state index >= 15 is 0 Å². The van der Waals surface area contributed by atoms with Gasteiger partial charge in [0.15, 0.2) is 0 Å². The number of carbonyl (C=O) groups excluding carboxylic acids is 1. The first kappa shape index (κ1) is 24.0. The molecule has 0 spiro atoms. The molecule has 2 aromatic rings. The SMILES string of the molecule is CCN(CC)c1ccc(N=Nc2c(C#N)cc([N+](=O)[O-])cc2C#N)c(NC(=O)C(C)C)c1. The van der Waals surface area contributed by atoms with Gasteiger partial charge in [-0.15, -0.1) is 10.2 Å². The van der Waals surface area contributed by atoms with Gasteiger partial charge in [-0.1, -0.05) is 13.8 Å². The van der Waals surface area contributed by atoms with Crippen molar-refractivity contribution in [1.29, 1.82) is 10.5 Å². The van der Waals surface area contributed by atoms with Gasteiger partial charge in [0.05, 0.1) is 21.7 Å². The Kier molecular flexibility index (Phi) is 7.97. The fourth-order valence-electron chi connectivity index (χ4n) is 2.88. The van der Waals surface area contributed by atoms with Crippen LogP contribution < -0.4 is 10.2 Å². The van der Waals surface area contributed by atoms with E-state index in [1.165, 1.54) is 0 Å². The summed E-state index contributed by atoms with van der Waals surface area (Å²) in [5.41, 5.74) is 0.884. The van der Waals surface area contributed by atoms with Gasteiger partial charge < -0.3 is 10.2 Å². The van der Waals surface area contributed by atoms with Gasteiger partial charge in [-0.25, -0.2) is 0 Å². The number of non-ortho nitro benzene ring substituents is 1. The van der Waals surface area contributed by atoms with E-state index in [-0.39, 0.29) is 34.3 Å². The molecule has 1 amide bonds. The zero-order valence-electron chi connectivity index (χ0n) is 18.3. The summed E-state index contributed by atoms with van der Waals surface area (Å²) in [7, 11) is 0. The summed E-state index contributed by atoms with van der Waals surface area (Å²) in [5, 5.41) is 40.8. The zero-order valence-corrected chi connectivity index (χ0v) is 18.3.